The molecule has 6 nitrogen and oxygen atoms in total. The van der Waals surface area contributed by atoms with E-state index in [1.54, 1.807) is 11.9 Å². The molecule has 1 fully saturated rings. The van der Waals surface area contributed by atoms with Gasteiger partial charge in [-0.2, -0.15) is 0 Å². The van der Waals surface area contributed by atoms with Crippen molar-refractivity contribution >= 4 is 11.9 Å². The lowest BCUT2D eigenvalue weighted by molar-refractivity contribution is -0.143. The molecule has 0 saturated carbocycles. The van der Waals surface area contributed by atoms with Gasteiger partial charge in [0.15, 0.2) is 0 Å². The highest BCUT2D eigenvalue weighted by atomic mass is 16.5. The van der Waals surface area contributed by atoms with E-state index >= 15 is 0 Å². The molecule has 0 spiro atoms. The number of hydrogen-bond donors (Lipinski definition) is 1. The summed E-state index contributed by atoms with van der Waals surface area (Å²) in [6, 6.07) is 0. The lowest BCUT2D eigenvalue weighted by Crippen LogP contribution is -2.50. The van der Waals surface area contributed by atoms with Gasteiger partial charge in [-0.1, -0.05) is 20.8 Å². The van der Waals surface area contributed by atoms with Gasteiger partial charge in [0.1, 0.15) is 0 Å². The van der Waals surface area contributed by atoms with Crippen molar-refractivity contribution in [1.29, 1.82) is 0 Å². The number of aliphatic carboxylic acids is 1. The molecule has 1 unspecified atom stereocenters. The van der Waals surface area contributed by atoms with E-state index in [2.05, 4.69) is 0 Å². The first-order chi connectivity index (χ1) is 9.17. The van der Waals surface area contributed by atoms with Gasteiger partial charge in [0.2, 0.25) is 5.91 Å². The van der Waals surface area contributed by atoms with Crippen molar-refractivity contribution in [1.82, 2.24) is 9.80 Å². The number of morpholine rings is 1. The predicted octanol–water partition coefficient (Wildman–Crippen LogP) is 0.666. The molecule has 1 atom stereocenters. The van der Waals surface area contributed by atoms with Gasteiger partial charge in [0.05, 0.1) is 19.3 Å². The number of carbonyl (C=O) groups is 2. The Labute approximate surface area is 120 Å². The average Bonchev–Trinajstić information content (AvgIpc) is 2.25. The van der Waals surface area contributed by atoms with Crippen LogP contribution in [0.15, 0.2) is 0 Å². The Morgan fingerprint density at radius 2 is 2.05 bits per heavy atom. The molecule has 20 heavy (non-hydrogen) atoms. The van der Waals surface area contributed by atoms with Crippen molar-refractivity contribution in [3.8, 4) is 0 Å². The van der Waals surface area contributed by atoms with Crippen LogP contribution < -0.4 is 0 Å². The van der Waals surface area contributed by atoms with E-state index < -0.39 is 5.97 Å². The van der Waals surface area contributed by atoms with Crippen LogP contribution in [-0.2, 0) is 14.3 Å². The maximum absolute atomic E-state index is 12.2. The largest absolute Gasteiger partial charge is 0.480 e. The summed E-state index contributed by atoms with van der Waals surface area (Å²) in [5.74, 6) is -0.712. The third-order valence-corrected chi connectivity index (χ3v) is 3.09. The molecule has 0 aliphatic carbocycles. The molecule has 0 radical (unpaired) electrons. The lowest BCUT2D eigenvalue weighted by atomic mass is 9.91. The summed E-state index contributed by atoms with van der Waals surface area (Å²) >= 11 is 0. The number of carboxylic acid groups (broad SMARTS) is 1. The molecule has 1 saturated heterocycles. The van der Waals surface area contributed by atoms with Crippen molar-refractivity contribution in [3.63, 3.8) is 0 Å². The van der Waals surface area contributed by atoms with Crippen LogP contribution in [0, 0.1) is 5.41 Å². The third kappa shape index (κ3) is 6.34. The van der Waals surface area contributed by atoms with Crippen molar-refractivity contribution < 1.29 is 19.4 Å². The topological polar surface area (TPSA) is 70.1 Å². The van der Waals surface area contributed by atoms with Crippen molar-refractivity contribution in [2.24, 2.45) is 5.41 Å². The fraction of sp³-hybridized carbons (Fsp3) is 0.857. The maximum Gasteiger partial charge on any atom is 0.317 e. The summed E-state index contributed by atoms with van der Waals surface area (Å²) in [5, 5.41) is 8.73. The molecule has 1 heterocycles. The standard InChI is InChI=1S/C14H26N2O4/c1-14(2,3)7-12(17)16-5-6-20-11(9-16)8-15(4)10-13(18)19/h11H,5-10H2,1-4H3,(H,18,19). The Bertz CT molecular complexity index is 352. The summed E-state index contributed by atoms with van der Waals surface area (Å²) in [5.41, 5.74) is -0.0228. The van der Waals surface area contributed by atoms with Gasteiger partial charge in [-0.3, -0.25) is 14.5 Å². The number of ether oxygens (including phenoxy) is 1. The molecule has 0 aromatic heterocycles. The monoisotopic (exact) mass is 286 g/mol. The van der Waals surface area contributed by atoms with Crippen LogP contribution in [0.1, 0.15) is 27.2 Å². The summed E-state index contributed by atoms with van der Waals surface area (Å²) in [7, 11) is 1.74. The van der Waals surface area contributed by atoms with E-state index in [1.165, 1.54) is 0 Å². The van der Waals surface area contributed by atoms with Gasteiger partial charge in [0.25, 0.3) is 0 Å². The normalized spacial score (nSPS) is 20.2. The summed E-state index contributed by atoms with van der Waals surface area (Å²) < 4.78 is 5.61. The Kier molecular flexibility index (Phi) is 5.95. The molecule has 0 bridgehead atoms. The Morgan fingerprint density at radius 1 is 1.40 bits per heavy atom. The van der Waals surface area contributed by atoms with Crippen molar-refractivity contribution in [2.45, 2.75) is 33.3 Å². The number of amides is 1. The molecular weight excluding hydrogens is 260 g/mol. The number of likely N-dealkylation sites (N-methyl/N-ethyl adjacent to an activating group) is 1. The second-order valence-corrected chi connectivity index (χ2v) is 6.66. The van der Waals surface area contributed by atoms with Crippen LogP contribution >= 0.6 is 0 Å². The Morgan fingerprint density at radius 3 is 2.60 bits per heavy atom. The quantitative estimate of drug-likeness (QED) is 0.804. The first-order valence-electron chi connectivity index (χ1n) is 6.97. The maximum atomic E-state index is 12.2. The predicted molar refractivity (Wildman–Crippen MR) is 75.5 cm³/mol. The molecule has 6 heteroatoms. The first-order valence-corrected chi connectivity index (χ1v) is 6.97. The van der Waals surface area contributed by atoms with E-state index in [0.717, 1.165) is 0 Å². The number of rotatable bonds is 5. The molecule has 0 aromatic carbocycles. The van der Waals surface area contributed by atoms with Crippen LogP contribution in [0.2, 0.25) is 0 Å². The molecule has 1 N–H and O–H groups in total. The lowest BCUT2D eigenvalue weighted by Gasteiger charge is -2.35. The van der Waals surface area contributed by atoms with Crippen LogP contribution in [0.3, 0.4) is 0 Å². The Hall–Kier alpha value is -1.14. The van der Waals surface area contributed by atoms with E-state index in [4.69, 9.17) is 9.84 Å². The van der Waals surface area contributed by atoms with E-state index in [-0.39, 0.29) is 24.0 Å². The second kappa shape index (κ2) is 7.04. The van der Waals surface area contributed by atoms with Crippen molar-refractivity contribution in [3.05, 3.63) is 0 Å². The number of carboxylic acids is 1. The van der Waals surface area contributed by atoms with Gasteiger partial charge in [-0.25, -0.2) is 0 Å². The van der Waals surface area contributed by atoms with Crippen LogP contribution in [0.4, 0.5) is 0 Å². The molecule has 1 aliphatic rings. The summed E-state index contributed by atoms with van der Waals surface area (Å²) in [6.07, 6.45) is 0.405. The van der Waals surface area contributed by atoms with Gasteiger partial charge < -0.3 is 14.7 Å². The summed E-state index contributed by atoms with van der Waals surface area (Å²) in [6.45, 7) is 8.31. The minimum Gasteiger partial charge on any atom is -0.480 e. The highest BCUT2D eigenvalue weighted by Gasteiger charge is 2.27. The van der Waals surface area contributed by atoms with Gasteiger partial charge in [0, 0.05) is 26.1 Å². The smallest absolute Gasteiger partial charge is 0.317 e. The SMILES string of the molecule is CN(CC(=O)O)CC1CN(C(=O)CC(C)(C)C)CCO1. The number of nitrogens with zero attached hydrogens (tertiary/aromatic N) is 2. The van der Waals surface area contributed by atoms with Crippen LogP contribution in [-0.4, -0.2) is 72.7 Å². The third-order valence-electron chi connectivity index (χ3n) is 3.09. The zero-order valence-electron chi connectivity index (χ0n) is 12.9. The summed E-state index contributed by atoms with van der Waals surface area (Å²) in [4.78, 5) is 26.3. The van der Waals surface area contributed by atoms with Crippen LogP contribution in [0.5, 0.6) is 0 Å². The first kappa shape index (κ1) is 16.9. The molecule has 1 amide bonds. The molecule has 1 aliphatic heterocycles. The minimum absolute atomic E-state index is 0.0181. The van der Waals surface area contributed by atoms with Crippen LogP contribution in [0.25, 0.3) is 0 Å². The molecular formula is C14H26N2O4. The number of hydrogen-bond acceptors (Lipinski definition) is 4. The fourth-order valence-corrected chi connectivity index (χ4v) is 2.26. The average molecular weight is 286 g/mol. The van der Waals surface area contributed by atoms with E-state index in [9.17, 15) is 9.59 Å². The Balaban J connectivity index is 2.46. The van der Waals surface area contributed by atoms with E-state index in [0.29, 0.717) is 32.7 Å². The van der Waals surface area contributed by atoms with Crippen molar-refractivity contribution in [2.75, 3.05) is 39.8 Å². The van der Waals surface area contributed by atoms with Gasteiger partial charge in [-0.15, -0.1) is 0 Å². The second-order valence-electron chi connectivity index (χ2n) is 6.66. The molecule has 0 aromatic rings. The van der Waals surface area contributed by atoms with Gasteiger partial charge in [-0.05, 0) is 12.5 Å². The number of carbonyl (C=O) groups excluding carboxylic acids is 1. The minimum atomic E-state index is -0.857. The highest BCUT2D eigenvalue weighted by Crippen LogP contribution is 2.20. The fourth-order valence-electron chi connectivity index (χ4n) is 2.26. The highest BCUT2D eigenvalue weighted by molar-refractivity contribution is 5.77. The zero-order valence-corrected chi connectivity index (χ0v) is 12.9. The molecule has 1 rings (SSSR count). The zero-order chi connectivity index (χ0) is 15.3. The van der Waals surface area contributed by atoms with E-state index in [1.807, 2.05) is 25.7 Å². The van der Waals surface area contributed by atoms with Gasteiger partial charge >= 0.3 is 5.97 Å². The molecule has 116 valence electrons.